The predicted octanol–water partition coefficient (Wildman–Crippen LogP) is 0.262. The lowest BCUT2D eigenvalue weighted by molar-refractivity contribution is 0.908. The highest BCUT2D eigenvalue weighted by molar-refractivity contribution is 5.74. The van der Waals surface area contributed by atoms with Gasteiger partial charge in [-0.25, -0.2) is 5.10 Å². The number of nitrogens with zero attached hydrogens (tertiary/aromatic N) is 2. The van der Waals surface area contributed by atoms with Gasteiger partial charge in [0.15, 0.2) is 5.65 Å². The van der Waals surface area contributed by atoms with E-state index in [0.29, 0.717) is 0 Å². The average Bonchev–Trinajstić information content (AvgIpc) is 2.32. The van der Waals surface area contributed by atoms with Gasteiger partial charge in [0.05, 0.1) is 0 Å². The van der Waals surface area contributed by atoms with E-state index in [1.54, 1.807) is 0 Å². The minimum atomic E-state index is -0.163. The zero-order valence-electron chi connectivity index (χ0n) is 6.03. The molecule has 0 spiro atoms. The third-order valence-corrected chi connectivity index (χ3v) is 1.63. The van der Waals surface area contributed by atoms with Crippen molar-refractivity contribution < 1.29 is 0 Å². The molecule has 0 saturated heterocycles. The molecular formula is C7H7N3O. The summed E-state index contributed by atoms with van der Waals surface area (Å²) in [6.45, 7) is 0. The minimum Gasteiger partial charge on any atom is -0.334 e. The van der Waals surface area contributed by atoms with Crippen molar-refractivity contribution in [1.82, 2.24) is 14.8 Å². The standard InChI is InChI=1S/C7H7N3O/c1-10-3-2-5-4-6(11)8-9-7(5)10/h2-4H,1H3,(H,8,11). The van der Waals surface area contributed by atoms with Crippen LogP contribution in [0, 0.1) is 0 Å². The van der Waals surface area contributed by atoms with E-state index in [1.165, 1.54) is 6.07 Å². The van der Waals surface area contributed by atoms with Crippen molar-refractivity contribution in [3.05, 3.63) is 28.7 Å². The van der Waals surface area contributed by atoms with Crippen LogP contribution in [0.2, 0.25) is 0 Å². The highest BCUT2D eigenvalue weighted by Gasteiger charge is 1.97. The van der Waals surface area contributed by atoms with E-state index in [9.17, 15) is 4.79 Å². The average molecular weight is 149 g/mol. The van der Waals surface area contributed by atoms with E-state index in [1.807, 2.05) is 23.9 Å². The number of aryl methyl sites for hydroxylation is 1. The highest BCUT2D eigenvalue weighted by atomic mass is 16.1. The quantitative estimate of drug-likeness (QED) is 0.584. The van der Waals surface area contributed by atoms with Gasteiger partial charge in [-0.15, -0.1) is 0 Å². The van der Waals surface area contributed by atoms with Crippen molar-refractivity contribution in [1.29, 1.82) is 0 Å². The molecule has 4 heteroatoms. The predicted molar refractivity (Wildman–Crippen MR) is 41.3 cm³/mol. The first-order valence-electron chi connectivity index (χ1n) is 3.28. The fraction of sp³-hybridized carbons (Fsp3) is 0.143. The lowest BCUT2D eigenvalue weighted by atomic mass is 10.4. The van der Waals surface area contributed by atoms with E-state index in [4.69, 9.17) is 0 Å². The van der Waals surface area contributed by atoms with Gasteiger partial charge in [-0.3, -0.25) is 4.79 Å². The van der Waals surface area contributed by atoms with Gasteiger partial charge in [0.2, 0.25) is 0 Å². The molecule has 0 bridgehead atoms. The summed E-state index contributed by atoms with van der Waals surface area (Å²) in [5, 5.41) is 7.11. The van der Waals surface area contributed by atoms with Crippen molar-refractivity contribution in [3.8, 4) is 0 Å². The van der Waals surface area contributed by atoms with Gasteiger partial charge in [0.1, 0.15) is 0 Å². The van der Waals surface area contributed by atoms with Crippen LogP contribution in [-0.2, 0) is 7.05 Å². The molecule has 2 aromatic rings. The van der Waals surface area contributed by atoms with Gasteiger partial charge in [-0.2, -0.15) is 5.10 Å². The normalized spacial score (nSPS) is 10.6. The largest absolute Gasteiger partial charge is 0.334 e. The molecule has 0 saturated carbocycles. The van der Waals surface area contributed by atoms with Crippen LogP contribution < -0.4 is 5.56 Å². The molecule has 0 atom stereocenters. The molecule has 11 heavy (non-hydrogen) atoms. The second kappa shape index (κ2) is 1.95. The molecule has 2 rings (SSSR count). The van der Waals surface area contributed by atoms with E-state index < -0.39 is 0 Å². The molecule has 2 aromatic heterocycles. The maximum Gasteiger partial charge on any atom is 0.264 e. The monoisotopic (exact) mass is 149 g/mol. The number of hydrogen-bond donors (Lipinski definition) is 1. The Morgan fingerprint density at radius 3 is 3.27 bits per heavy atom. The third-order valence-electron chi connectivity index (χ3n) is 1.63. The van der Waals surface area contributed by atoms with Crippen molar-refractivity contribution >= 4 is 11.0 Å². The van der Waals surface area contributed by atoms with E-state index in [2.05, 4.69) is 10.2 Å². The summed E-state index contributed by atoms with van der Waals surface area (Å²) in [5.41, 5.74) is 0.633. The van der Waals surface area contributed by atoms with Crippen molar-refractivity contribution in [3.63, 3.8) is 0 Å². The number of fused-ring (bicyclic) bond motifs is 1. The Bertz CT molecular complexity index is 440. The smallest absolute Gasteiger partial charge is 0.264 e. The molecule has 0 aliphatic rings. The molecule has 0 aliphatic carbocycles. The van der Waals surface area contributed by atoms with Gasteiger partial charge in [0.25, 0.3) is 5.56 Å². The van der Waals surface area contributed by atoms with Crippen molar-refractivity contribution in [2.24, 2.45) is 7.05 Å². The second-order valence-electron chi connectivity index (χ2n) is 2.44. The molecule has 0 amide bonds. The molecule has 1 N–H and O–H groups in total. The van der Waals surface area contributed by atoms with E-state index in [-0.39, 0.29) is 5.56 Å². The Balaban J connectivity index is 2.96. The zero-order chi connectivity index (χ0) is 7.84. The van der Waals surface area contributed by atoms with Crippen LogP contribution in [0.25, 0.3) is 11.0 Å². The number of aromatic amines is 1. The molecule has 0 radical (unpaired) electrons. The maximum atomic E-state index is 10.8. The summed E-state index contributed by atoms with van der Waals surface area (Å²) in [4.78, 5) is 10.8. The van der Waals surface area contributed by atoms with Crippen LogP contribution in [-0.4, -0.2) is 14.8 Å². The maximum absolute atomic E-state index is 10.8. The van der Waals surface area contributed by atoms with Crippen LogP contribution >= 0.6 is 0 Å². The Morgan fingerprint density at radius 1 is 1.64 bits per heavy atom. The second-order valence-corrected chi connectivity index (χ2v) is 2.44. The van der Waals surface area contributed by atoms with Gasteiger partial charge < -0.3 is 4.57 Å². The van der Waals surface area contributed by atoms with Crippen LogP contribution in [0.15, 0.2) is 23.1 Å². The number of rotatable bonds is 0. The van der Waals surface area contributed by atoms with Gasteiger partial charge in [0, 0.05) is 24.7 Å². The van der Waals surface area contributed by atoms with E-state index in [0.717, 1.165) is 11.0 Å². The van der Waals surface area contributed by atoms with Crippen molar-refractivity contribution in [2.45, 2.75) is 0 Å². The van der Waals surface area contributed by atoms with Gasteiger partial charge in [-0.1, -0.05) is 0 Å². The molecule has 0 aliphatic heterocycles. The molecule has 56 valence electrons. The summed E-state index contributed by atoms with van der Waals surface area (Å²) in [5.74, 6) is 0. The van der Waals surface area contributed by atoms with E-state index >= 15 is 0 Å². The SMILES string of the molecule is Cn1ccc2cc(=O)[nH]nc21. The molecule has 0 unspecified atom stereocenters. The topological polar surface area (TPSA) is 50.7 Å². The van der Waals surface area contributed by atoms with Gasteiger partial charge in [-0.05, 0) is 6.07 Å². The number of nitrogens with one attached hydrogen (secondary N) is 1. The first-order valence-corrected chi connectivity index (χ1v) is 3.28. The molecule has 0 fully saturated rings. The van der Waals surface area contributed by atoms with Crippen LogP contribution in [0.1, 0.15) is 0 Å². The summed E-state index contributed by atoms with van der Waals surface area (Å²) < 4.78 is 1.85. The zero-order valence-corrected chi connectivity index (χ0v) is 6.03. The fourth-order valence-corrected chi connectivity index (χ4v) is 1.08. The first kappa shape index (κ1) is 6.15. The summed E-state index contributed by atoms with van der Waals surface area (Å²) in [7, 11) is 1.88. The Labute approximate surface area is 62.5 Å². The summed E-state index contributed by atoms with van der Waals surface area (Å²) in [6, 6.07) is 3.39. The minimum absolute atomic E-state index is 0.163. The van der Waals surface area contributed by atoms with Crippen LogP contribution in [0.4, 0.5) is 0 Å². The van der Waals surface area contributed by atoms with Crippen LogP contribution in [0.5, 0.6) is 0 Å². The molecule has 2 heterocycles. The highest BCUT2D eigenvalue weighted by Crippen LogP contribution is 2.06. The fourth-order valence-electron chi connectivity index (χ4n) is 1.08. The number of H-pyrrole nitrogens is 1. The number of hydrogen-bond acceptors (Lipinski definition) is 2. The molecule has 0 aromatic carbocycles. The summed E-state index contributed by atoms with van der Waals surface area (Å²) >= 11 is 0. The molecule has 4 nitrogen and oxygen atoms in total. The molecular weight excluding hydrogens is 142 g/mol. The number of aromatic nitrogens is 3. The third kappa shape index (κ3) is 0.832. The Morgan fingerprint density at radius 2 is 2.45 bits per heavy atom. The summed E-state index contributed by atoms with van der Waals surface area (Å²) in [6.07, 6.45) is 1.87. The first-order chi connectivity index (χ1) is 5.27. The Kier molecular flexibility index (Phi) is 1.09. The lowest BCUT2D eigenvalue weighted by Crippen LogP contribution is -2.05. The van der Waals surface area contributed by atoms with Crippen molar-refractivity contribution in [2.75, 3.05) is 0 Å². The lowest BCUT2D eigenvalue weighted by Gasteiger charge is -1.90. The van der Waals surface area contributed by atoms with Gasteiger partial charge >= 0.3 is 0 Å². The van der Waals surface area contributed by atoms with Crippen LogP contribution in [0.3, 0.4) is 0 Å². The Hall–Kier alpha value is -1.58.